The minimum absolute atomic E-state index is 0. The third-order valence-electron chi connectivity index (χ3n) is 3.35. The van der Waals surface area contributed by atoms with Crippen LogP contribution in [0.15, 0.2) is 17.4 Å². The van der Waals surface area contributed by atoms with Crippen molar-refractivity contribution < 1.29 is 0 Å². The first-order valence-electron chi connectivity index (χ1n) is 7.23. The molecule has 6 heteroatoms. The molecule has 1 heterocycles. The smallest absolute Gasteiger partial charge is 0.191 e. The van der Waals surface area contributed by atoms with Crippen LogP contribution < -0.4 is 10.6 Å². The van der Waals surface area contributed by atoms with Gasteiger partial charge in [0.15, 0.2) is 5.96 Å². The van der Waals surface area contributed by atoms with Gasteiger partial charge in [0.1, 0.15) is 0 Å². The highest BCUT2D eigenvalue weighted by molar-refractivity contribution is 14.0. The van der Waals surface area contributed by atoms with Crippen molar-refractivity contribution >= 4 is 29.9 Å². The summed E-state index contributed by atoms with van der Waals surface area (Å²) in [5.41, 5.74) is 1.21. The zero-order chi connectivity index (χ0) is 13.7. The topological polar surface area (TPSA) is 54.2 Å². The Morgan fingerprint density at radius 3 is 2.85 bits per heavy atom. The number of nitrogens with one attached hydrogen (secondary N) is 2. The second-order valence-electron chi connectivity index (χ2n) is 5.36. The number of rotatable bonds is 6. The van der Waals surface area contributed by atoms with Crippen LogP contribution in [0.5, 0.6) is 0 Å². The second-order valence-corrected chi connectivity index (χ2v) is 5.36. The van der Waals surface area contributed by atoms with Crippen LogP contribution in [-0.4, -0.2) is 34.9 Å². The predicted molar refractivity (Wildman–Crippen MR) is 93.7 cm³/mol. The third kappa shape index (κ3) is 5.68. The SMILES string of the molecule is CCNC(=NCCCn1cc(C)cn1)NC1CC1C.I. The molecule has 0 radical (unpaired) electrons. The lowest BCUT2D eigenvalue weighted by molar-refractivity contribution is 0.583. The molecule has 2 atom stereocenters. The minimum atomic E-state index is 0. The van der Waals surface area contributed by atoms with Crippen LogP contribution >= 0.6 is 24.0 Å². The van der Waals surface area contributed by atoms with Gasteiger partial charge in [-0.05, 0) is 38.2 Å². The number of aliphatic imine (C=N–C) groups is 1. The molecule has 2 N–H and O–H groups in total. The first-order chi connectivity index (χ1) is 9.19. The Morgan fingerprint density at radius 1 is 1.55 bits per heavy atom. The maximum absolute atomic E-state index is 4.60. The van der Waals surface area contributed by atoms with Crippen LogP contribution in [0, 0.1) is 12.8 Å². The van der Waals surface area contributed by atoms with Gasteiger partial charge >= 0.3 is 0 Å². The monoisotopic (exact) mass is 391 g/mol. The van der Waals surface area contributed by atoms with Crippen molar-refractivity contribution in [1.82, 2.24) is 20.4 Å². The van der Waals surface area contributed by atoms with Crippen molar-refractivity contribution in [1.29, 1.82) is 0 Å². The van der Waals surface area contributed by atoms with Gasteiger partial charge in [-0.15, -0.1) is 24.0 Å². The van der Waals surface area contributed by atoms with Crippen molar-refractivity contribution in [2.24, 2.45) is 10.9 Å². The van der Waals surface area contributed by atoms with Crippen LogP contribution in [0.1, 0.15) is 32.3 Å². The first kappa shape index (κ1) is 17.3. The van der Waals surface area contributed by atoms with E-state index in [4.69, 9.17) is 0 Å². The number of guanidine groups is 1. The average molecular weight is 391 g/mol. The molecule has 1 fully saturated rings. The van der Waals surface area contributed by atoms with E-state index in [0.717, 1.165) is 37.9 Å². The number of hydrogen-bond donors (Lipinski definition) is 2. The zero-order valence-corrected chi connectivity index (χ0v) is 14.9. The normalized spacial score (nSPS) is 21.2. The molecular weight excluding hydrogens is 365 g/mol. The molecule has 0 bridgehead atoms. The number of halogens is 1. The Labute approximate surface area is 138 Å². The molecule has 1 aromatic rings. The van der Waals surface area contributed by atoms with E-state index in [2.05, 4.69) is 47.7 Å². The molecular formula is C14H26IN5. The van der Waals surface area contributed by atoms with Crippen molar-refractivity contribution in [3.63, 3.8) is 0 Å². The van der Waals surface area contributed by atoms with Gasteiger partial charge in [0, 0.05) is 31.9 Å². The highest BCUT2D eigenvalue weighted by atomic mass is 127. The molecule has 1 saturated carbocycles. The summed E-state index contributed by atoms with van der Waals surface area (Å²) in [6.45, 7) is 9.09. The number of aromatic nitrogens is 2. The molecule has 114 valence electrons. The van der Waals surface area contributed by atoms with Crippen LogP contribution in [0.25, 0.3) is 0 Å². The minimum Gasteiger partial charge on any atom is -0.357 e. The molecule has 1 aliphatic carbocycles. The van der Waals surface area contributed by atoms with Gasteiger partial charge in [-0.2, -0.15) is 5.10 Å². The second kappa shape index (κ2) is 8.49. The van der Waals surface area contributed by atoms with E-state index in [1.54, 1.807) is 0 Å². The summed E-state index contributed by atoms with van der Waals surface area (Å²) in [4.78, 5) is 4.60. The molecule has 0 saturated heterocycles. The molecule has 5 nitrogen and oxygen atoms in total. The van der Waals surface area contributed by atoms with Gasteiger partial charge in [0.05, 0.1) is 6.20 Å². The van der Waals surface area contributed by atoms with Gasteiger partial charge in [-0.3, -0.25) is 9.67 Å². The molecule has 0 amide bonds. The highest BCUT2D eigenvalue weighted by Gasteiger charge is 2.33. The molecule has 0 aliphatic heterocycles. The maximum Gasteiger partial charge on any atom is 0.191 e. The molecule has 0 spiro atoms. The Morgan fingerprint density at radius 2 is 2.30 bits per heavy atom. The van der Waals surface area contributed by atoms with Crippen LogP contribution in [0.2, 0.25) is 0 Å². The van der Waals surface area contributed by atoms with Crippen molar-refractivity contribution in [2.45, 2.75) is 46.2 Å². The molecule has 2 unspecified atom stereocenters. The molecule has 1 aromatic heterocycles. The van der Waals surface area contributed by atoms with Gasteiger partial charge in [-0.25, -0.2) is 0 Å². The van der Waals surface area contributed by atoms with Crippen LogP contribution in [-0.2, 0) is 6.54 Å². The number of hydrogen-bond acceptors (Lipinski definition) is 2. The van der Waals surface area contributed by atoms with E-state index in [9.17, 15) is 0 Å². The first-order valence-corrected chi connectivity index (χ1v) is 7.23. The number of nitrogens with zero attached hydrogens (tertiary/aromatic N) is 3. The summed E-state index contributed by atoms with van der Waals surface area (Å²) < 4.78 is 1.98. The van der Waals surface area contributed by atoms with Gasteiger partial charge < -0.3 is 10.6 Å². The van der Waals surface area contributed by atoms with Crippen molar-refractivity contribution in [2.75, 3.05) is 13.1 Å². The summed E-state index contributed by atoms with van der Waals surface area (Å²) in [6.07, 6.45) is 6.23. The Bertz CT molecular complexity index is 429. The van der Waals surface area contributed by atoms with Gasteiger partial charge in [0.2, 0.25) is 0 Å². The Balaban J connectivity index is 0.00000200. The van der Waals surface area contributed by atoms with E-state index in [0.29, 0.717) is 6.04 Å². The fourth-order valence-corrected chi connectivity index (χ4v) is 2.03. The third-order valence-corrected chi connectivity index (χ3v) is 3.35. The van der Waals surface area contributed by atoms with E-state index < -0.39 is 0 Å². The predicted octanol–water partition coefficient (Wildman–Crippen LogP) is 2.16. The van der Waals surface area contributed by atoms with Crippen molar-refractivity contribution in [3.8, 4) is 0 Å². The largest absolute Gasteiger partial charge is 0.357 e. The fraction of sp³-hybridized carbons (Fsp3) is 0.714. The molecule has 1 aliphatic rings. The zero-order valence-electron chi connectivity index (χ0n) is 12.6. The summed E-state index contributed by atoms with van der Waals surface area (Å²) in [5.74, 6) is 1.74. The summed E-state index contributed by atoms with van der Waals surface area (Å²) in [7, 11) is 0. The summed E-state index contributed by atoms with van der Waals surface area (Å²) in [5, 5.41) is 11.0. The summed E-state index contributed by atoms with van der Waals surface area (Å²) in [6, 6.07) is 0.617. The summed E-state index contributed by atoms with van der Waals surface area (Å²) >= 11 is 0. The average Bonchev–Trinajstić information content (AvgIpc) is 2.89. The maximum atomic E-state index is 4.60. The molecule has 2 rings (SSSR count). The highest BCUT2D eigenvalue weighted by Crippen LogP contribution is 2.28. The lowest BCUT2D eigenvalue weighted by Crippen LogP contribution is -2.39. The standard InChI is InChI=1S/C14H25N5.HI/c1-4-15-14(18-13-8-12(13)3)16-6-5-7-19-10-11(2)9-17-19;/h9-10,12-13H,4-8H2,1-3H3,(H2,15,16,18);1H. The van der Waals surface area contributed by atoms with E-state index >= 15 is 0 Å². The number of aryl methyl sites for hydroxylation is 2. The molecule has 0 aromatic carbocycles. The van der Waals surface area contributed by atoms with Crippen molar-refractivity contribution in [3.05, 3.63) is 18.0 Å². The lowest BCUT2D eigenvalue weighted by Gasteiger charge is -2.10. The van der Waals surface area contributed by atoms with Crippen LogP contribution in [0.4, 0.5) is 0 Å². The van der Waals surface area contributed by atoms with Gasteiger partial charge in [0.25, 0.3) is 0 Å². The van der Waals surface area contributed by atoms with E-state index in [1.165, 1.54) is 12.0 Å². The van der Waals surface area contributed by atoms with Crippen LogP contribution in [0.3, 0.4) is 0 Å². The Kier molecular flexibility index (Phi) is 7.32. The quantitative estimate of drug-likeness (QED) is 0.338. The van der Waals surface area contributed by atoms with E-state index in [-0.39, 0.29) is 24.0 Å². The molecule has 20 heavy (non-hydrogen) atoms. The van der Waals surface area contributed by atoms with E-state index in [1.807, 2.05) is 10.9 Å². The van der Waals surface area contributed by atoms with Gasteiger partial charge in [-0.1, -0.05) is 6.92 Å². The Hall–Kier alpha value is -0.790. The lowest BCUT2D eigenvalue weighted by atomic mass is 10.4. The fourth-order valence-electron chi connectivity index (χ4n) is 2.03.